The van der Waals surface area contributed by atoms with Crippen LogP contribution in [0.1, 0.15) is 40.5 Å². The predicted molar refractivity (Wildman–Crippen MR) is 57.3 cm³/mol. The van der Waals surface area contributed by atoms with E-state index in [1.165, 1.54) is 6.08 Å². The molecule has 1 rings (SSSR count). The van der Waals surface area contributed by atoms with Crippen molar-refractivity contribution in [2.75, 3.05) is 0 Å². The number of carbonyl (C=O) groups excluding carboxylic acids is 2. The minimum absolute atomic E-state index is 0.0222. The molecule has 1 aliphatic carbocycles. The number of ketones is 1. The van der Waals surface area contributed by atoms with Crippen LogP contribution in [0, 0.1) is 5.92 Å². The Morgan fingerprint density at radius 1 is 1.47 bits per heavy atom. The zero-order valence-electron chi connectivity index (χ0n) is 9.79. The zero-order valence-corrected chi connectivity index (χ0v) is 9.79. The van der Waals surface area contributed by atoms with Crippen LogP contribution in [0.3, 0.4) is 0 Å². The molecule has 1 atom stereocenters. The summed E-state index contributed by atoms with van der Waals surface area (Å²) in [5.74, 6) is -0.213. The molecule has 15 heavy (non-hydrogen) atoms. The molecule has 1 unspecified atom stereocenters. The van der Waals surface area contributed by atoms with Gasteiger partial charge < -0.3 is 4.74 Å². The van der Waals surface area contributed by atoms with Crippen LogP contribution in [0.15, 0.2) is 11.6 Å². The van der Waals surface area contributed by atoms with E-state index in [9.17, 15) is 9.59 Å². The fourth-order valence-electron chi connectivity index (χ4n) is 1.50. The lowest BCUT2D eigenvalue weighted by atomic mass is 9.88. The van der Waals surface area contributed by atoms with Gasteiger partial charge in [-0.2, -0.15) is 0 Å². The Bertz CT molecular complexity index is 307. The highest BCUT2D eigenvalue weighted by Crippen LogP contribution is 2.25. The maximum Gasteiger partial charge on any atom is 0.334 e. The van der Waals surface area contributed by atoms with Gasteiger partial charge in [0.1, 0.15) is 5.60 Å². The smallest absolute Gasteiger partial charge is 0.334 e. The highest BCUT2D eigenvalue weighted by Gasteiger charge is 2.27. The van der Waals surface area contributed by atoms with Crippen molar-refractivity contribution in [2.45, 2.75) is 46.1 Å². The van der Waals surface area contributed by atoms with Gasteiger partial charge in [-0.1, -0.05) is 6.92 Å². The van der Waals surface area contributed by atoms with Crippen LogP contribution in [0.2, 0.25) is 0 Å². The third kappa shape index (κ3) is 3.50. The molecule has 0 saturated heterocycles. The van der Waals surface area contributed by atoms with Crippen molar-refractivity contribution >= 4 is 11.8 Å². The summed E-state index contributed by atoms with van der Waals surface area (Å²) < 4.78 is 5.24. The largest absolute Gasteiger partial charge is 0.457 e. The number of carbonyl (C=O) groups is 2. The van der Waals surface area contributed by atoms with Crippen LogP contribution < -0.4 is 0 Å². The Labute approximate surface area is 90.5 Å². The molecule has 84 valence electrons. The molecule has 0 radical (unpaired) electrons. The standard InChI is InChI=1S/C12H18O3/c1-8-5-6-9(13)7-10(8)11(14)15-12(2,3)4/h7-8H,5-6H2,1-4H3. The summed E-state index contributed by atoms with van der Waals surface area (Å²) in [5, 5.41) is 0. The van der Waals surface area contributed by atoms with Crippen LogP contribution in [-0.4, -0.2) is 17.4 Å². The highest BCUT2D eigenvalue weighted by molar-refractivity contribution is 6.01. The van der Waals surface area contributed by atoms with Crippen molar-refractivity contribution in [3.05, 3.63) is 11.6 Å². The van der Waals surface area contributed by atoms with Gasteiger partial charge in [0, 0.05) is 12.0 Å². The third-order valence-corrected chi connectivity index (χ3v) is 2.31. The molecular weight excluding hydrogens is 192 g/mol. The van der Waals surface area contributed by atoms with Crippen molar-refractivity contribution < 1.29 is 14.3 Å². The Kier molecular flexibility index (Phi) is 3.32. The van der Waals surface area contributed by atoms with Gasteiger partial charge in [0.25, 0.3) is 0 Å². The van der Waals surface area contributed by atoms with Gasteiger partial charge in [0.05, 0.1) is 0 Å². The van der Waals surface area contributed by atoms with Crippen LogP contribution in [0.5, 0.6) is 0 Å². The molecule has 0 fully saturated rings. The molecule has 0 aromatic heterocycles. The van der Waals surface area contributed by atoms with Crippen molar-refractivity contribution in [1.82, 2.24) is 0 Å². The Morgan fingerprint density at radius 3 is 2.60 bits per heavy atom. The van der Waals surface area contributed by atoms with E-state index in [0.29, 0.717) is 12.0 Å². The lowest BCUT2D eigenvalue weighted by molar-refractivity contribution is -0.150. The molecule has 3 nitrogen and oxygen atoms in total. The van der Waals surface area contributed by atoms with Crippen molar-refractivity contribution in [1.29, 1.82) is 0 Å². The molecule has 0 amide bonds. The second-order valence-electron chi connectivity index (χ2n) is 5.01. The Morgan fingerprint density at radius 2 is 2.07 bits per heavy atom. The maximum atomic E-state index is 11.7. The van der Waals surface area contributed by atoms with Crippen molar-refractivity contribution in [2.24, 2.45) is 5.92 Å². The number of esters is 1. The first kappa shape index (κ1) is 12.0. The quantitative estimate of drug-likeness (QED) is 0.623. The van der Waals surface area contributed by atoms with Gasteiger partial charge >= 0.3 is 5.97 Å². The molecule has 0 heterocycles. The minimum Gasteiger partial charge on any atom is -0.457 e. The minimum atomic E-state index is -0.502. The van der Waals surface area contributed by atoms with Crippen LogP contribution in [0.4, 0.5) is 0 Å². The summed E-state index contributed by atoms with van der Waals surface area (Å²) in [6, 6.07) is 0. The number of rotatable bonds is 1. The molecular formula is C12H18O3. The summed E-state index contributed by atoms with van der Waals surface area (Å²) in [4.78, 5) is 22.9. The number of hydrogen-bond acceptors (Lipinski definition) is 3. The van der Waals surface area contributed by atoms with Crippen molar-refractivity contribution in [3.8, 4) is 0 Å². The van der Waals surface area contributed by atoms with Crippen LogP contribution in [0.25, 0.3) is 0 Å². The number of hydrogen-bond donors (Lipinski definition) is 0. The van der Waals surface area contributed by atoms with E-state index >= 15 is 0 Å². The number of ether oxygens (including phenoxy) is 1. The lowest BCUT2D eigenvalue weighted by Crippen LogP contribution is -2.28. The fourth-order valence-corrected chi connectivity index (χ4v) is 1.50. The molecule has 0 bridgehead atoms. The van der Waals surface area contributed by atoms with E-state index in [1.54, 1.807) is 0 Å². The summed E-state index contributed by atoms with van der Waals surface area (Å²) >= 11 is 0. The van der Waals surface area contributed by atoms with Gasteiger partial charge in [0.2, 0.25) is 0 Å². The van der Waals surface area contributed by atoms with E-state index in [0.717, 1.165) is 6.42 Å². The molecule has 0 aliphatic heterocycles. The first-order valence-corrected chi connectivity index (χ1v) is 5.27. The number of allylic oxidation sites excluding steroid dienone is 1. The molecule has 0 aromatic rings. The molecule has 1 aliphatic rings. The third-order valence-electron chi connectivity index (χ3n) is 2.31. The first-order chi connectivity index (χ1) is 6.79. The van der Waals surface area contributed by atoms with Gasteiger partial charge in [-0.25, -0.2) is 4.79 Å². The summed E-state index contributed by atoms with van der Waals surface area (Å²) in [7, 11) is 0. The molecule has 0 aromatic carbocycles. The van der Waals surface area contributed by atoms with Crippen LogP contribution in [-0.2, 0) is 14.3 Å². The topological polar surface area (TPSA) is 43.4 Å². The summed E-state index contributed by atoms with van der Waals surface area (Å²) in [6.45, 7) is 7.41. The van der Waals surface area contributed by atoms with Crippen LogP contribution >= 0.6 is 0 Å². The second-order valence-corrected chi connectivity index (χ2v) is 5.01. The van der Waals surface area contributed by atoms with Crippen molar-refractivity contribution in [3.63, 3.8) is 0 Å². The molecule has 3 heteroatoms. The Hall–Kier alpha value is -1.12. The maximum absolute atomic E-state index is 11.7. The second kappa shape index (κ2) is 4.17. The zero-order chi connectivity index (χ0) is 11.6. The highest BCUT2D eigenvalue weighted by atomic mass is 16.6. The van der Waals surface area contributed by atoms with Gasteiger partial charge in [-0.15, -0.1) is 0 Å². The molecule has 0 spiro atoms. The van der Waals surface area contributed by atoms with E-state index in [-0.39, 0.29) is 17.7 Å². The van der Waals surface area contributed by atoms with E-state index in [1.807, 2.05) is 27.7 Å². The first-order valence-electron chi connectivity index (χ1n) is 5.27. The van der Waals surface area contributed by atoms with E-state index in [2.05, 4.69) is 0 Å². The SMILES string of the molecule is CC1CCC(=O)C=C1C(=O)OC(C)(C)C. The van der Waals surface area contributed by atoms with Gasteiger partial charge in [-0.05, 0) is 39.2 Å². The van der Waals surface area contributed by atoms with E-state index in [4.69, 9.17) is 4.74 Å². The average molecular weight is 210 g/mol. The predicted octanol–water partition coefficient (Wildman–Crippen LogP) is 2.25. The summed E-state index contributed by atoms with van der Waals surface area (Å²) in [5.41, 5.74) is 0.0131. The molecule has 0 N–H and O–H groups in total. The van der Waals surface area contributed by atoms with Gasteiger partial charge in [-0.3, -0.25) is 4.79 Å². The van der Waals surface area contributed by atoms with E-state index < -0.39 is 5.60 Å². The van der Waals surface area contributed by atoms with Gasteiger partial charge in [0.15, 0.2) is 5.78 Å². The normalized spacial score (nSPS) is 22.3. The molecule has 0 saturated carbocycles. The summed E-state index contributed by atoms with van der Waals surface area (Å²) in [6.07, 6.45) is 2.71. The Balaban J connectivity index is 2.78. The lowest BCUT2D eigenvalue weighted by Gasteiger charge is -2.24. The fraction of sp³-hybridized carbons (Fsp3) is 0.667. The monoisotopic (exact) mass is 210 g/mol. The average Bonchev–Trinajstić information content (AvgIpc) is 2.06.